The number of nitrogens with one attached hydrogen (secondary N) is 2. The van der Waals surface area contributed by atoms with Gasteiger partial charge >= 0.3 is 0 Å². The second-order valence-corrected chi connectivity index (χ2v) is 6.73. The van der Waals surface area contributed by atoms with Crippen molar-refractivity contribution < 1.29 is 9.59 Å². The van der Waals surface area contributed by atoms with E-state index in [1.165, 1.54) is 19.3 Å². The molecular formula is C21H30N2O2. The van der Waals surface area contributed by atoms with Gasteiger partial charge in [-0.3, -0.25) is 9.59 Å². The van der Waals surface area contributed by atoms with Crippen molar-refractivity contribution in [1.29, 1.82) is 0 Å². The summed E-state index contributed by atoms with van der Waals surface area (Å²) in [6.45, 7) is 3.14. The third kappa shape index (κ3) is 7.55. The van der Waals surface area contributed by atoms with Crippen LogP contribution in [0, 0.1) is 11.8 Å². The van der Waals surface area contributed by atoms with E-state index in [1.807, 2.05) is 30.3 Å². The van der Waals surface area contributed by atoms with E-state index in [0.717, 1.165) is 18.4 Å². The van der Waals surface area contributed by atoms with Crippen molar-refractivity contribution in [2.45, 2.75) is 52.0 Å². The lowest BCUT2D eigenvalue weighted by Crippen LogP contribution is -2.31. The number of amides is 2. The van der Waals surface area contributed by atoms with Crippen LogP contribution in [0.3, 0.4) is 0 Å². The lowest BCUT2D eigenvalue weighted by atomic mass is 10.2. The van der Waals surface area contributed by atoms with Crippen LogP contribution in [-0.4, -0.2) is 18.4 Å². The Labute approximate surface area is 151 Å². The van der Waals surface area contributed by atoms with Gasteiger partial charge in [-0.2, -0.15) is 0 Å². The first-order valence-electron chi connectivity index (χ1n) is 9.45. The lowest BCUT2D eigenvalue weighted by molar-refractivity contribution is -0.123. The molecule has 1 aromatic rings. The molecule has 0 aromatic heterocycles. The maximum absolute atomic E-state index is 12.0. The Hall–Kier alpha value is -2.10. The van der Waals surface area contributed by atoms with Crippen LogP contribution >= 0.6 is 0 Å². The maximum Gasteiger partial charge on any atom is 0.223 e. The van der Waals surface area contributed by atoms with Gasteiger partial charge in [-0.1, -0.05) is 62.2 Å². The molecule has 1 aromatic carbocycles. The first-order chi connectivity index (χ1) is 12.2. The molecule has 0 heterocycles. The van der Waals surface area contributed by atoms with Crippen molar-refractivity contribution in [3.05, 3.63) is 48.0 Å². The van der Waals surface area contributed by atoms with Crippen LogP contribution in [0.4, 0.5) is 0 Å². The quantitative estimate of drug-likeness (QED) is 0.477. The number of rotatable bonds is 11. The van der Waals surface area contributed by atoms with Crippen molar-refractivity contribution in [3.63, 3.8) is 0 Å². The molecule has 25 heavy (non-hydrogen) atoms. The van der Waals surface area contributed by atoms with E-state index in [4.69, 9.17) is 0 Å². The van der Waals surface area contributed by atoms with E-state index in [0.29, 0.717) is 25.4 Å². The molecular weight excluding hydrogens is 312 g/mol. The minimum atomic E-state index is -0.0349. The summed E-state index contributed by atoms with van der Waals surface area (Å²) in [7, 11) is 0. The maximum atomic E-state index is 12.0. The number of benzene rings is 1. The molecule has 0 radical (unpaired) electrons. The number of hydrogen-bond donors (Lipinski definition) is 2. The lowest BCUT2D eigenvalue weighted by Gasteiger charge is -2.06. The second kappa shape index (κ2) is 10.7. The van der Waals surface area contributed by atoms with E-state index in [1.54, 1.807) is 0 Å². The SMILES string of the molecule is CCCCC/C=C\[C@@H]1C[C@@H]1C(=O)NCCC(=O)NCc1ccccc1. The fourth-order valence-corrected chi connectivity index (χ4v) is 2.83. The molecule has 2 N–H and O–H groups in total. The van der Waals surface area contributed by atoms with Crippen molar-refractivity contribution in [2.75, 3.05) is 6.54 Å². The Morgan fingerprint density at radius 2 is 1.96 bits per heavy atom. The zero-order valence-corrected chi connectivity index (χ0v) is 15.2. The Kier molecular flexibility index (Phi) is 8.23. The standard InChI is InChI=1S/C21H30N2O2/c1-2-3-4-5-9-12-18-15-19(18)21(25)22-14-13-20(24)23-16-17-10-7-6-8-11-17/h6-12,18-19H,2-5,13-16H2,1H3,(H,22,25)(H,23,24)/b12-9-/t18-,19+/m1/s1. The normalized spacial score (nSPS) is 18.9. The van der Waals surface area contributed by atoms with Gasteiger partial charge in [0.05, 0.1) is 0 Å². The molecule has 1 aliphatic rings. The average Bonchev–Trinajstić information content (AvgIpc) is 3.40. The summed E-state index contributed by atoms with van der Waals surface area (Å²) in [5.74, 6) is 0.551. The Bertz CT molecular complexity index is 569. The summed E-state index contributed by atoms with van der Waals surface area (Å²) in [5.41, 5.74) is 1.08. The summed E-state index contributed by atoms with van der Waals surface area (Å²) >= 11 is 0. The molecule has 0 unspecified atom stereocenters. The number of allylic oxidation sites excluding steroid dienone is 2. The summed E-state index contributed by atoms with van der Waals surface area (Å²) in [4.78, 5) is 23.8. The van der Waals surface area contributed by atoms with E-state index in [9.17, 15) is 9.59 Å². The monoisotopic (exact) mass is 342 g/mol. The molecule has 2 amide bonds. The van der Waals surface area contributed by atoms with Crippen molar-refractivity contribution in [2.24, 2.45) is 11.8 Å². The van der Waals surface area contributed by atoms with Gasteiger partial charge in [0.25, 0.3) is 0 Å². The average molecular weight is 342 g/mol. The topological polar surface area (TPSA) is 58.2 Å². The molecule has 0 aliphatic heterocycles. The molecule has 2 atom stereocenters. The Balaban J connectivity index is 1.53. The molecule has 136 valence electrons. The highest BCUT2D eigenvalue weighted by molar-refractivity contribution is 5.83. The fraction of sp³-hybridized carbons (Fsp3) is 0.524. The predicted molar refractivity (Wildman–Crippen MR) is 101 cm³/mol. The number of hydrogen-bond acceptors (Lipinski definition) is 2. The first kappa shape index (κ1) is 19.2. The molecule has 4 nitrogen and oxygen atoms in total. The molecule has 0 bridgehead atoms. The van der Waals surface area contributed by atoms with E-state index < -0.39 is 0 Å². The molecule has 1 fully saturated rings. The Morgan fingerprint density at radius 1 is 1.16 bits per heavy atom. The first-order valence-corrected chi connectivity index (χ1v) is 9.45. The highest BCUT2D eigenvalue weighted by Crippen LogP contribution is 2.39. The fourth-order valence-electron chi connectivity index (χ4n) is 2.83. The minimum absolute atomic E-state index is 0.0349. The minimum Gasteiger partial charge on any atom is -0.355 e. The van der Waals surface area contributed by atoms with Crippen LogP contribution in [0.15, 0.2) is 42.5 Å². The smallest absolute Gasteiger partial charge is 0.223 e. The van der Waals surface area contributed by atoms with E-state index >= 15 is 0 Å². The summed E-state index contributed by atoms with van der Waals surface area (Å²) in [5, 5.41) is 5.75. The molecule has 1 aliphatic carbocycles. The van der Waals surface area contributed by atoms with Crippen LogP contribution < -0.4 is 10.6 Å². The van der Waals surface area contributed by atoms with Crippen LogP contribution in [-0.2, 0) is 16.1 Å². The zero-order chi connectivity index (χ0) is 17.9. The summed E-state index contributed by atoms with van der Waals surface area (Å²) in [6, 6.07) is 9.81. The van der Waals surface area contributed by atoms with Crippen molar-refractivity contribution in [3.8, 4) is 0 Å². The molecule has 2 rings (SSSR count). The second-order valence-electron chi connectivity index (χ2n) is 6.73. The third-order valence-corrected chi connectivity index (χ3v) is 4.52. The third-order valence-electron chi connectivity index (χ3n) is 4.52. The molecule has 0 saturated heterocycles. The van der Waals surface area contributed by atoms with Crippen LogP contribution in [0.1, 0.15) is 51.0 Å². The summed E-state index contributed by atoms with van der Waals surface area (Å²) < 4.78 is 0. The zero-order valence-electron chi connectivity index (χ0n) is 15.2. The Morgan fingerprint density at radius 3 is 2.72 bits per heavy atom. The van der Waals surface area contributed by atoms with Gasteiger partial charge in [-0.15, -0.1) is 0 Å². The summed E-state index contributed by atoms with van der Waals surface area (Å²) in [6.07, 6.45) is 10.5. The van der Waals surface area contributed by atoms with Gasteiger partial charge in [0, 0.05) is 25.4 Å². The van der Waals surface area contributed by atoms with E-state index in [2.05, 4.69) is 29.7 Å². The molecule has 0 spiro atoms. The number of unbranched alkanes of at least 4 members (excludes halogenated alkanes) is 3. The highest BCUT2D eigenvalue weighted by atomic mass is 16.2. The van der Waals surface area contributed by atoms with Crippen LogP contribution in [0.25, 0.3) is 0 Å². The van der Waals surface area contributed by atoms with Crippen LogP contribution in [0.2, 0.25) is 0 Å². The predicted octanol–water partition coefficient (Wildman–Crippen LogP) is 3.58. The van der Waals surface area contributed by atoms with Gasteiger partial charge in [-0.25, -0.2) is 0 Å². The van der Waals surface area contributed by atoms with Crippen molar-refractivity contribution in [1.82, 2.24) is 10.6 Å². The van der Waals surface area contributed by atoms with Gasteiger partial charge in [0.15, 0.2) is 0 Å². The molecule has 4 heteroatoms. The highest BCUT2D eigenvalue weighted by Gasteiger charge is 2.40. The van der Waals surface area contributed by atoms with Crippen LogP contribution in [0.5, 0.6) is 0 Å². The largest absolute Gasteiger partial charge is 0.355 e. The van der Waals surface area contributed by atoms with Gasteiger partial charge in [-0.05, 0) is 30.7 Å². The van der Waals surface area contributed by atoms with Gasteiger partial charge in [0.1, 0.15) is 0 Å². The number of carbonyl (C=O) groups excluding carboxylic acids is 2. The number of carbonyl (C=O) groups is 2. The molecule has 1 saturated carbocycles. The van der Waals surface area contributed by atoms with Gasteiger partial charge < -0.3 is 10.6 Å². The van der Waals surface area contributed by atoms with Gasteiger partial charge in [0.2, 0.25) is 11.8 Å². The van der Waals surface area contributed by atoms with E-state index in [-0.39, 0.29) is 17.7 Å². The van der Waals surface area contributed by atoms with Crippen molar-refractivity contribution >= 4 is 11.8 Å².